The summed E-state index contributed by atoms with van der Waals surface area (Å²) in [6.45, 7) is 7.23. The van der Waals surface area contributed by atoms with E-state index in [1.165, 1.54) is 16.8 Å². The highest BCUT2D eigenvalue weighted by Gasteiger charge is 2.36. The van der Waals surface area contributed by atoms with Crippen molar-refractivity contribution in [2.75, 3.05) is 11.5 Å². The molecule has 3 aromatic carbocycles. The Morgan fingerprint density at radius 3 is 2.54 bits per heavy atom. The van der Waals surface area contributed by atoms with E-state index in [2.05, 4.69) is 4.98 Å². The molecule has 14 heteroatoms. The van der Waals surface area contributed by atoms with E-state index >= 15 is 17.6 Å². The standard InChI is InChI=1S/C38H40F4N4O5S/c1-21(35(47)48)16-22-8-6-9-23(17-22)38(4)14-7-13-37(2,3)20-52(49,50)15-12-25-29-28(40)19-43-32(29)30(41)31(42)33(25)51-24-10-11-27(39)26(18-24)34-44-36(38)45-46(34)5/h6,8-11,17-19,21,43H,7,12-16,20H2,1-5H3,(H,47,48)/t21-,38-/m1/s1. The van der Waals surface area contributed by atoms with Crippen LogP contribution in [0.25, 0.3) is 22.3 Å². The largest absolute Gasteiger partial charge is 0.481 e. The van der Waals surface area contributed by atoms with Crippen LogP contribution in [0, 0.1) is 34.6 Å². The highest BCUT2D eigenvalue weighted by atomic mass is 32.2. The minimum atomic E-state index is -3.83. The lowest BCUT2D eigenvalue weighted by atomic mass is 9.75. The van der Waals surface area contributed by atoms with Gasteiger partial charge in [0, 0.05) is 24.2 Å². The topological polar surface area (TPSA) is 127 Å². The number of aromatic amines is 1. The molecule has 52 heavy (non-hydrogen) atoms. The number of carboxylic acid groups (broad SMARTS) is 1. The van der Waals surface area contributed by atoms with Crippen LogP contribution in [0.4, 0.5) is 17.6 Å². The second-order valence-electron chi connectivity index (χ2n) is 14.8. The number of carbonyl (C=O) groups is 1. The lowest BCUT2D eigenvalue weighted by molar-refractivity contribution is -0.141. The number of hydrogen-bond donors (Lipinski definition) is 2. The fraction of sp³-hybridized carbons (Fsp3) is 0.395. The van der Waals surface area contributed by atoms with E-state index in [0.29, 0.717) is 31.5 Å². The first-order valence-electron chi connectivity index (χ1n) is 17.0. The molecule has 0 aliphatic carbocycles. The molecule has 6 rings (SSSR count). The number of hydrogen-bond acceptors (Lipinski definition) is 6. The number of halogens is 4. The Bertz CT molecular complexity index is 2300. The van der Waals surface area contributed by atoms with E-state index in [4.69, 9.17) is 14.8 Å². The summed E-state index contributed by atoms with van der Waals surface area (Å²) in [6, 6.07) is 11.0. The summed E-state index contributed by atoms with van der Waals surface area (Å²) in [5.41, 5.74) is -0.718. The molecule has 0 radical (unpaired) electrons. The quantitative estimate of drug-likeness (QED) is 0.179. The Labute approximate surface area is 299 Å². The van der Waals surface area contributed by atoms with Gasteiger partial charge in [0.1, 0.15) is 17.4 Å². The summed E-state index contributed by atoms with van der Waals surface area (Å²) < 4.78 is 96.2. The van der Waals surface area contributed by atoms with Crippen LogP contribution in [-0.4, -0.2) is 50.7 Å². The van der Waals surface area contributed by atoms with Crippen molar-refractivity contribution in [1.29, 1.82) is 0 Å². The summed E-state index contributed by atoms with van der Waals surface area (Å²) in [6.07, 6.45) is 2.22. The third kappa shape index (κ3) is 7.17. The van der Waals surface area contributed by atoms with Crippen LogP contribution in [0.1, 0.15) is 69.5 Å². The molecule has 9 nitrogen and oxygen atoms in total. The van der Waals surface area contributed by atoms with Gasteiger partial charge in [-0.3, -0.25) is 4.79 Å². The number of fused-ring (bicyclic) bond motifs is 8. The molecule has 4 bridgehead atoms. The van der Waals surface area contributed by atoms with Gasteiger partial charge in [-0.1, -0.05) is 51.5 Å². The number of aliphatic carboxylic acids is 1. The molecule has 5 aromatic rings. The maximum atomic E-state index is 15.7. The maximum absolute atomic E-state index is 15.7. The van der Waals surface area contributed by atoms with Gasteiger partial charge in [0.25, 0.3) is 0 Å². The lowest BCUT2D eigenvalue weighted by Crippen LogP contribution is -2.29. The SMILES string of the molecule is C[C@H](Cc1cccc([C@@]2(C)CCCC(C)(C)CS(=O)(=O)CCc3c(c(F)c(F)c4[nH]cc(F)c34)Oc3ccc(F)c(c3)-c3nc2nn3C)c1)C(=O)O. The third-order valence-electron chi connectivity index (χ3n) is 10.0. The summed E-state index contributed by atoms with van der Waals surface area (Å²) in [7, 11) is -2.24. The monoisotopic (exact) mass is 740 g/mol. The lowest BCUT2D eigenvalue weighted by Gasteiger charge is -2.31. The van der Waals surface area contributed by atoms with Crippen molar-refractivity contribution in [1.82, 2.24) is 19.7 Å². The van der Waals surface area contributed by atoms with Gasteiger partial charge in [-0.25, -0.2) is 31.3 Å². The number of sulfone groups is 1. The van der Waals surface area contributed by atoms with E-state index in [1.54, 1.807) is 14.0 Å². The molecular formula is C38H40F4N4O5S. The highest BCUT2D eigenvalue weighted by Crippen LogP contribution is 2.42. The number of aromatic nitrogens is 4. The normalized spacial score (nSPS) is 19.6. The number of ether oxygens (including phenoxy) is 1. The van der Waals surface area contributed by atoms with Gasteiger partial charge in [-0.15, -0.1) is 0 Å². The Hall–Kier alpha value is -4.72. The van der Waals surface area contributed by atoms with Crippen LogP contribution >= 0.6 is 0 Å². The fourth-order valence-electron chi connectivity index (χ4n) is 7.16. The van der Waals surface area contributed by atoms with Gasteiger partial charge in [0.05, 0.1) is 33.9 Å². The Kier molecular flexibility index (Phi) is 9.75. The predicted octanol–water partition coefficient (Wildman–Crippen LogP) is 8.05. The van der Waals surface area contributed by atoms with E-state index in [-0.39, 0.29) is 40.3 Å². The number of nitrogens with zero attached hydrogens (tertiary/aromatic N) is 3. The summed E-state index contributed by atoms with van der Waals surface area (Å²) in [4.78, 5) is 18.8. The first-order chi connectivity index (χ1) is 24.4. The molecule has 0 unspecified atom stereocenters. The molecular weight excluding hydrogens is 700 g/mol. The molecule has 276 valence electrons. The van der Waals surface area contributed by atoms with E-state index in [0.717, 1.165) is 23.4 Å². The number of H-pyrrole nitrogens is 1. The van der Waals surface area contributed by atoms with Crippen LogP contribution in [-0.2, 0) is 39.9 Å². The molecule has 3 heterocycles. The zero-order valence-electron chi connectivity index (χ0n) is 29.5. The smallest absolute Gasteiger partial charge is 0.306 e. The first-order valence-corrected chi connectivity index (χ1v) is 18.8. The fourth-order valence-corrected chi connectivity index (χ4v) is 9.16. The summed E-state index contributed by atoms with van der Waals surface area (Å²) in [5, 5.41) is 13.9. The van der Waals surface area contributed by atoms with E-state index in [9.17, 15) is 18.3 Å². The Balaban J connectivity index is 1.52. The highest BCUT2D eigenvalue weighted by molar-refractivity contribution is 7.91. The Morgan fingerprint density at radius 2 is 1.81 bits per heavy atom. The minimum absolute atomic E-state index is 0.0636. The van der Waals surface area contributed by atoms with Gasteiger partial charge in [-0.2, -0.15) is 9.49 Å². The maximum Gasteiger partial charge on any atom is 0.306 e. The zero-order valence-corrected chi connectivity index (χ0v) is 30.3. The molecule has 1 aliphatic heterocycles. The molecule has 0 spiro atoms. The van der Waals surface area contributed by atoms with Crippen molar-refractivity contribution in [3.05, 3.63) is 94.4 Å². The van der Waals surface area contributed by atoms with E-state index in [1.807, 2.05) is 45.0 Å². The molecule has 0 saturated carbocycles. The van der Waals surface area contributed by atoms with Gasteiger partial charge < -0.3 is 14.8 Å². The van der Waals surface area contributed by atoms with Crippen molar-refractivity contribution >= 4 is 26.7 Å². The van der Waals surface area contributed by atoms with Crippen LogP contribution < -0.4 is 4.74 Å². The molecule has 2 atom stereocenters. The van der Waals surface area contributed by atoms with Crippen LogP contribution in [0.2, 0.25) is 0 Å². The molecule has 0 amide bonds. The van der Waals surface area contributed by atoms with E-state index < -0.39 is 72.8 Å². The molecule has 2 aromatic heterocycles. The van der Waals surface area contributed by atoms with Crippen molar-refractivity contribution in [2.24, 2.45) is 18.4 Å². The second kappa shape index (κ2) is 13.7. The van der Waals surface area contributed by atoms with Gasteiger partial charge in [-0.05, 0) is 67.3 Å². The number of benzene rings is 3. The number of nitrogens with one attached hydrogen (secondary N) is 1. The minimum Gasteiger partial charge on any atom is -0.481 e. The zero-order chi connectivity index (χ0) is 37.7. The second-order valence-corrected chi connectivity index (χ2v) is 17.0. The third-order valence-corrected chi connectivity index (χ3v) is 12.1. The molecule has 1 aliphatic rings. The summed E-state index contributed by atoms with van der Waals surface area (Å²) >= 11 is 0. The van der Waals surface area contributed by atoms with Crippen molar-refractivity contribution in [3.8, 4) is 22.9 Å². The average Bonchev–Trinajstić information content (AvgIpc) is 3.65. The van der Waals surface area contributed by atoms with Gasteiger partial charge in [0.2, 0.25) is 5.82 Å². The Morgan fingerprint density at radius 1 is 1.06 bits per heavy atom. The van der Waals surface area contributed by atoms with Crippen LogP contribution in [0.3, 0.4) is 0 Å². The molecule has 2 N–H and O–H groups in total. The number of rotatable bonds is 4. The number of carboxylic acids is 1. The van der Waals surface area contributed by atoms with Crippen molar-refractivity contribution in [2.45, 2.75) is 65.2 Å². The molecule has 0 fully saturated rings. The van der Waals surface area contributed by atoms with Gasteiger partial charge >= 0.3 is 5.97 Å². The predicted molar refractivity (Wildman–Crippen MR) is 188 cm³/mol. The molecule has 0 saturated heterocycles. The average molecular weight is 741 g/mol. The van der Waals surface area contributed by atoms with Crippen molar-refractivity contribution in [3.63, 3.8) is 0 Å². The summed E-state index contributed by atoms with van der Waals surface area (Å²) in [5.74, 6) is -7.15. The van der Waals surface area contributed by atoms with Crippen molar-refractivity contribution < 1.29 is 40.6 Å². The van der Waals surface area contributed by atoms with Gasteiger partial charge in [0.15, 0.2) is 33.1 Å². The van der Waals surface area contributed by atoms with Crippen LogP contribution in [0.15, 0.2) is 48.7 Å². The first kappa shape index (κ1) is 37.1. The number of aryl methyl sites for hydroxylation is 2. The van der Waals surface area contributed by atoms with Crippen LogP contribution in [0.5, 0.6) is 11.5 Å².